The van der Waals surface area contributed by atoms with Crippen molar-refractivity contribution in [3.63, 3.8) is 0 Å². The van der Waals surface area contributed by atoms with Crippen LogP contribution in [0.3, 0.4) is 0 Å². The van der Waals surface area contributed by atoms with Gasteiger partial charge < -0.3 is 4.57 Å². The van der Waals surface area contributed by atoms with Crippen molar-refractivity contribution < 1.29 is 0 Å². The number of aromatic nitrogens is 1. The van der Waals surface area contributed by atoms with E-state index in [1.165, 1.54) is 6.07 Å². The number of benzene rings is 2. The average Bonchev–Trinajstić information content (AvgIpc) is 2.67. The summed E-state index contributed by atoms with van der Waals surface area (Å²) in [6.45, 7) is 0.232. The number of pyridine rings is 1. The second-order valence-electron chi connectivity index (χ2n) is 5.78. The van der Waals surface area contributed by atoms with E-state index >= 15 is 0 Å². The lowest BCUT2D eigenvalue weighted by Gasteiger charge is -2.18. The average molecular weight is 330 g/mol. The van der Waals surface area contributed by atoms with Crippen LogP contribution in [-0.2, 0) is 6.42 Å². The third kappa shape index (κ3) is 4.16. The van der Waals surface area contributed by atoms with Crippen molar-refractivity contribution in [3.8, 4) is 11.1 Å². The van der Waals surface area contributed by atoms with Crippen LogP contribution >= 0.6 is 0 Å². The van der Waals surface area contributed by atoms with Gasteiger partial charge in [-0.25, -0.2) is 0 Å². The molecule has 25 heavy (non-hydrogen) atoms. The second kappa shape index (κ2) is 7.99. The van der Waals surface area contributed by atoms with E-state index in [-0.39, 0.29) is 18.1 Å². The number of hydrogen-bond donors (Lipinski definition) is 0. The minimum absolute atomic E-state index is 0.0974. The molecule has 0 aliphatic carbocycles. The summed E-state index contributed by atoms with van der Waals surface area (Å²) in [7, 11) is 0. The van der Waals surface area contributed by atoms with Crippen LogP contribution in [0.5, 0.6) is 0 Å². The lowest BCUT2D eigenvalue weighted by molar-refractivity contribution is 0.493. The smallest absolute Gasteiger partial charge is 0.250 e. The molecule has 3 aromatic rings. The summed E-state index contributed by atoms with van der Waals surface area (Å²) in [6, 6.07) is 23.2. The first kappa shape index (κ1) is 16.6. The molecule has 1 heterocycles. The van der Waals surface area contributed by atoms with Crippen LogP contribution in [0.1, 0.15) is 11.6 Å². The van der Waals surface area contributed by atoms with Crippen LogP contribution in [0.25, 0.3) is 21.6 Å². The van der Waals surface area contributed by atoms with Gasteiger partial charge in [0, 0.05) is 29.8 Å². The van der Waals surface area contributed by atoms with Gasteiger partial charge in [-0.15, -0.1) is 0 Å². The Morgan fingerprint density at radius 2 is 1.72 bits per heavy atom. The Morgan fingerprint density at radius 3 is 2.48 bits per heavy atom. The highest BCUT2D eigenvalue weighted by molar-refractivity contribution is 5.63. The van der Waals surface area contributed by atoms with Crippen molar-refractivity contribution in [1.82, 2.24) is 4.57 Å². The summed E-state index contributed by atoms with van der Waals surface area (Å²) < 4.78 is 1.63. The minimum atomic E-state index is -0.212. The first-order valence-corrected chi connectivity index (χ1v) is 8.10. The highest BCUT2D eigenvalue weighted by Crippen LogP contribution is 2.22. The second-order valence-corrected chi connectivity index (χ2v) is 5.78. The molecular formula is C20H18N4O. The molecule has 124 valence electrons. The van der Waals surface area contributed by atoms with Crippen LogP contribution < -0.4 is 5.56 Å². The SMILES string of the molecule is [N-]=[N+]=NCC(Cc1cccc(-c2ccccc2)c1)n1ccccc1=O. The Bertz CT molecular complexity index is 943. The molecule has 5 nitrogen and oxygen atoms in total. The van der Waals surface area contributed by atoms with Crippen molar-refractivity contribution in [3.05, 3.63) is 105 Å². The predicted molar refractivity (Wildman–Crippen MR) is 99.3 cm³/mol. The van der Waals surface area contributed by atoms with Gasteiger partial charge in [-0.2, -0.15) is 0 Å². The zero-order valence-corrected chi connectivity index (χ0v) is 13.7. The first-order valence-electron chi connectivity index (χ1n) is 8.10. The molecule has 0 spiro atoms. The Hall–Kier alpha value is -3.30. The molecule has 1 unspecified atom stereocenters. The third-order valence-electron chi connectivity index (χ3n) is 4.11. The lowest BCUT2D eigenvalue weighted by Crippen LogP contribution is -2.26. The summed E-state index contributed by atoms with van der Waals surface area (Å²) in [4.78, 5) is 15.0. The van der Waals surface area contributed by atoms with Crippen LogP contribution in [-0.4, -0.2) is 11.1 Å². The maximum Gasteiger partial charge on any atom is 0.250 e. The molecule has 2 aromatic carbocycles. The van der Waals surface area contributed by atoms with Crippen LogP contribution in [0.4, 0.5) is 0 Å². The van der Waals surface area contributed by atoms with E-state index in [1.54, 1.807) is 16.8 Å². The van der Waals surface area contributed by atoms with Crippen molar-refractivity contribution >= 4 is 0 Å². The van der Waals surface area contributed by atoms with Gasteiger partial charge in [0.25, 0.3) is 5.56 Å². The molecule has 3 rings (SSSR count). The number of rotatable bonds is 6. The molecule has 0 bridgehead atoms. The number of hydrogen-bond acceptors (Lipinski definition) is 2. The molecular weight excluding hydrogens is 312 g/mol. The van der Waals surface area contributed by atoms with E-state index in [2.05, 4.69) is 34.3 Å². The van der Waals surface area contributed by atoms with Gasteiger partial charge >= 0.3 is 0 Å². The van der Waals surface area contributed by atoms with E-state index < -0.39 is 0 Å². The van der Waals surface area contributed by atoms with Crippen LogP contribution in [0.15, 0.2) is 88.9 Å². The molecule has 0 aliphatic heterocycles. The fourth-order valence-electron chi connectivity index (χ4n) is 2.90. The van der Waals surface area contributed by atoms with Gasteiger partial charge in [-0.05, 0) is 34.7 Å². The monoisotopic (exact) mass is 330 g/mol. The zero-order valence-electron chi connectivity index (χ0n) is 13.7. The third-order valence-corrected chi connectivity index (χ3v) is 4.11. The molecule has 5 heteroatoms. The molecule has 1 aromatic heterocycles. The van der Waals surface area contributed by atoms with Gasteiger partial charge in [0.1, 0.15) is 0 Å². The van der Waals surface area contributed by atoms with Crippen molar-refractivity contribution in [1.29, 1.82) is 0 Å². The number of azide groups is 1. The van der Waals surface area contributed by atoms with Crippen LogP contribution in [0.2, 0.25) is 0 Å². The zero-order chi connectivity index (χ0) is 17.5. The normalized spacial score (nSPS) is 11.5. The van der Waals surface area contributed by atoms with E-state index in [1.807, 2.05) is 36.4 Å². The maximum atomic E-state index is 12.1. The highest BCUT2D eigenvalue weighted by Gasteiger charge is 2.12. The highest BCUT2D eigenvalue weighted by atomic mass is 16.1. The Balaban J connectivity index is 1.91. The van der Waals surface area contributed by atoms with Gasteiger partial charge in [0.15, 0.2) is 0 Å². The summed E-state index contributed by atoms with van der Waals surface area (Å²) in [6.07, 6.45) is 2.35. The van der Waals surface area contributed by atoms with E-state index in [9.17, 15) is 4.79 Å². The summed E-state index contributed by atoms with van der Waals surface area (Å²) >= 11 is 0. The fourth-order valence-corrected chi connectivity index (χ4v) is 2.90. The number of nitrogens with zero attached hydrogens (tertiary/aromatic N) is 4. The summed E-state index contributed by atoms with van der Waals surface area (Å²) in [5.74, 6) is 0. The Kier molecular flexibility index (Phi) is 5.29. The topological polar surface area (TPSA) is 70.8 Å². The standard InChI is InChI=1S/C20H18N4O/c21-23-22-15-19(24-12-5-4-11-20(24)25)14-16-7-6-10-18(13-16)17-8-2-1-3-9-17/h1-13,19H,14-15H2. The van der Waals surface area contributed by atoms with E-state index in [4.69, 9.17) is 5.53 Å². The van der Waals surface area contributed by atoms with Gasteiger partial charge in [0.05, 0.1) is 0 Å². The van der Waals surface area contributed by atoms with Crippen molar-refractivity contribution in [2.24, 2.45) is 5.11 Å². The summed E-state index contributed by atoms with van der Waals surface area (Å²) in [5.41, 5.74) is 11.9. The van der Waals surface area contributed by atoms with Crippen molar-refractivity contribution in [2.75, 3.05) is 6.54 Å². The molecule has 1 atom stereocenters. The first-order chi connectivity index (χ1) is 12.3. The van der Waals surface area contributed by atoms with E-state index in [0.29, 0.717) is 6.42 Å². The van der Waals surface area contributed by atoms with Gasteiger partial charge in [-0.3, -0.25) is 4.79 Å². The Labute approximate surface area is 145 Å². The molecule has 0 N–H and O–H groups in total. The molecule has 0 fully saturated rings. The molecule has 0 aliphatic rings. The predicted octanol–water partition coefficient (Wildman–Crippen LogP) is 4.61. The minimum Gasteiger partial charge on any atom is -0.312 e. The lowest BCUT2D eigenvalue weighted by atomic mass is 9.99. The molecule has 0 radical (unpaired) electrons. The largest absolute Gasteiger partial charge is 0.312 e. The van der Waals surface area contributed by atoms with Crippen LogP contribution in [0, 0.1) is 0 Å². The fraction of sp³-hybridized carbons (Fsp3) is 0.150. The maximum absolute atomic E-state index is 12.1. The molecule has 0 amide bonds. The van der Waals surface area contributed by atoms with Gasteiger partial charge in [0.2, 0.25) is 0 Å². The molecule has 0 saturated heterocycles. The quantitative estimate of drug-likeness (QED) is 0.369. The summed E-state index contributed by atoms with van der Waals surface area (Å²) in [5, 5.41) is 3.69. The van der Waals surface area contributed by atoms with E-state index in [0.717, 1.165) is 16.7 Å². The van der Waals surface area contributed by atoms with Crippen molar-refractivity contribution in [2.45, 2.75) is 12.5 Å². The Morgan fingerprint density at radius 1 is 0.960 bits per heavy atom. The van der Waals surface area contributed by atoms with Gasteiger partial charge in [-0.1, -0.05) is 65.8 Å². The molecule has 0 saturated carbocycles.